The van der Waals surface area contributed by atoms with E-state index in [1.165, 1.54) is 5.56 Å². The van der Waals surface area contributed by atoms with Gasteiger partial charge < -0.3 is 15.5 Å². The average Bonchev–Trinajstić information content (AvgIpc) is 2.72. The van der Waals surface area contributed by atoms with Crippen molar-refractivity contribution in [3.05, 3.63) is 65.7 Å². The van der Waals surface area contributed by atoms with E-state index in [4.69, 9.17) is 0 Å². The van der Waals surface area contributed by atoms with Gasteiger partial charge in [-0.1, -0.05) is 42.5 Å². The van der Waals surface area contributed by atoms with E-state index in [0.29, 0.717) is 13.0 Å². The van der Waals surface area contributed by atoms with E-state index in [9.17, 15) is 4.79 Å². The molecular weight excluding hydrogens is 336 g/mol. The molecule has 1 atom stereocenters. The van der Waals surface area contributed by atoms with Crippen molar-refractivity contribution in [2.75, 3.05) is 18.5 Å². The molecule has 1 aliphatic heterocycles. The smallest absolute Gasteiger partial charge is 0.226 e. The van der Waals surface area contributed by atoms with Crippen LogP contribution in [0, 0.1) is 0 Å². The van der Waals surface area contributed by atoms with Crippen LogP contribution in [-0.2, 0) is 11.3 Å². The average molecular weight is 364 g/mol. The Morgan fingerprint density at radius 2 is 1.85 bits per heavy atom. The summed E-state index contributed by atoms with van der Waals surface area (Å²) in [4.78, 5) is 18.2. The maximum absolute atomic E-state index is 12.0. The second-order valence-electron chi connectivity index (χ2n) is 6.87. The number of piperidine rings is 1. The number of hydrogen-bond acceptors (Lipinski definition) is 2. The van der Waals surface area contributed by atoms with Gasteiger partial charge in [0, 0.05) is 32.2 Å². The molecule has 3 rings (SSSR count). The Bertz CT molecular complexity index is 771. The summed E-state index contributed by atoms with van der Waals surface area (Å²) in [6.45, 7) is 3.62. The third kappa shape index (κ3) is 5.09. The number of hydrogen-bond donors (Lipinski definition) is 2. The fourth-order valence-electron chi connectivity index (χ4n) is 3.28. The van der Waals surface area contributed by atoms with Gasteiger partial charge in [-0.3, -0.25) is 9.79 Å². The van der Waals surface area contributed by atoms with Gasteiger partial charge in [0.05, 0.1) is 6.04 Å². The molecule has 2 aromatic carbocycles. The quantitative estimate of drug-likeness (QED) is 0.629. The largest absolute Gasteiger partial charge is 0.352 e. The number of aliphatic imine (C=N–C) groups is 1. The molecule has 0 bridgehead atoms. The topological polar surface area (TPSA) is 56.7 Å². The Hall–Kier alpha value is -2.82. The molecular formula is C22H28N4O. The molecule has 2 N–H and O–H groups in total. The van der Waals surface area contributed by atoms with Gasteiger partial charge >= 0.3 is 0 Å². The molecule has 5 heteroatoms. The van der Waals surface area contributed by atoms with Crippen LogP contribution in [0.4, 0.5) is 5.69 Å². The Balaban J connectivity index is 1.54. The normalized spacial score (nSPS) is 16.1. The molecule has 1 saturated heterocycles. The number of anilines is 1. The number of nitrogens with one attached hydrogen (secondary N) is 2. The summed E-state index contributed by atoms with van der Waals surface area (Å²) in [6.07, 6.45) is 2.74. The summed E-state index contributed by atoms with van der Waals surface area (Å²) >= 11 is 0. The minimum Gasteiger partial charge on any atom is -0.352 e. The maximum Gasteiger partial charge on any atom is 0.226 e. The number of rotatable bonds is 5. The number of carbonyl (C=O) groups is 1. The van der Waals surface area contributed by atoms with Gasteiger partial charge in [0.15, 0.2) is 5.96 Å². The highest BCUT2D eigenvalue weighted by Gasteiger charge is 2.19. The zero-order chi connectivity index (χ0) is 19.1. The van der Waals surface area contributed by atoms with Crippen LogP contribution in [0.25, 0.3) is 0 Å². The minimum absolute atomic E-state index is 0.171. The zero-order valence-corrected chi connectivity index (χ0v) is 16.1. The summed E-state index contributed by atoms with van der Waals surface area (Å²) < 4.78 is 0. The van der Waals surface area contributed by atoms with E-state index >= 15 is 0 Å². The summed E-state index contributed by atoms with van der Waals surface area (Å²) in [7, 11) is 1.78. The fraction of sp³-hybridized carbons (Fsp3) is 0.364. The first-order valence-corrected chi connectivity index (χ1v) is 9.59. The molecule has 0 aliphatic carbocycles. The number of amides is 1. The minimum atomic E-state index is 0.171. The lowest BCUT2D eigenvalue weighted by Gasteiger charge is -2.27. The lowest BCUT2D eigenvalue weighted by Crippen LogP contribution is -2.38. The molecule has 1 fully saturated rings. The standard InChI is InChI=1S/C22H28N4O/c1-17(19-8-4-3-5-9-19)25-22(23-2)24-16-18-11-13-20(14-12-18)26-15-7-6-10-21(26)27/h3-5,8-9,11-14,17H,6-7,10,15-16H2,1-2H3,(H2,23,24,25). The van der Waals surface area contributed by atoms with Gasteiger partial charge in [-0.25, -0.2) is 0 Å². The van der Waals surface area contributed by atoms with Crippen LogP contribution in [0.5, 0.6) is 0 Å². The van der Waals surface area contributed by atoms with Crippen LogP contribution in [-0.4, -0.2) is 25.5 Å². The molecule has 27 heavy (non-hydrogen) atoms. The third-order valence-corrected chi connectivity index (χ3v) is 4.91. The summed E-state index contributed by atoms with van der Waals surface area (Å²) in [5.74, 6) is 0.994. The van der Waals surface area contributed by atoms with Crippen LogP contribution < -0.4 is 15.5 Å². The first-order chi connectivity index (χ1) is 13.2. The first-order valence-electron chi connectivity index (χ1n) is 9.59. The third-order valence-electron chi connectivity index (χ3n) is 4.91. The van der Waals surface area contributed by atoms with Crippen LogP contribution in [0.1, 0.15) is 43.4 Å². The number of nitrogens with zero attached hydrogens (tertiary/aromatic N) is 2. The predicted molar refractivity (Wildman–Crippen MR) is 111 cm³/mol. The fourth-order valence-corrected chi connectivity index (χ4v) is 3.28. The molecule has 1 unspecified atom stereocenters. The molecule has 0 aromatic heterocycles. The van der Waals surface area contributed by atoms with Crippen molar-refractivity contribution in [1.29, 1.82) is 0 Å². The van der Waals surface area contributed by atoms with Crippen molar-refractivity contribution in [2.24, 2.45) is 4.99 Å². The van der Waals surface area contributed by atoms with E-state index in [0.717, 1.165) is 36.6 Å². The molecule has 1 amide bonds. The SMILES string of the molecule is CN=C(NCc1ccc(N2CCCCC2=O)cc1)NC(C)c1ccccc1. The highest BCUT2D eigenvalue weighted by molar-refractivity contribution is 5.93. The van der Waals surface area contributed by atoms with Crippen molar-refractivity contribution in [2.45, 2.75) is 38.8 Å². The van der Waals surface area contributed by atoms with Gasteiger partial charge in [0.2, 0.25) is 5.91 Å². The van der Waals surface area contributed by atoms with Crippen molar-refractivity contribution in [3.8, 4) is 0 Å². The highest BCUT2D eigenvalue weighted by Crippen LogP contribution is 2.21. The highest BCUT2D eigenvalue weighted by atomic mass is 16.2. The zero-order valence-electron chi connectivity index (χ0n) is 16.1. The lowest BCUT2D eigenvalue weighted by atomic mass is 10.1. The van der Waals surface area contributed by atoms with Crippen LogP contribution in [0.15, 0.2) is 59.6 Å². The number of benzene rings is 2. The Morgan fingerprint density at radius 1 is 1.11 bits per heavy atom. The molecule has 5 nitrogen and oxygen atoms in total. The molecule has 0 spiro atoms. The van der Waals surface area contributed by atoms with Gasteiger partial charge in [-0.05, 0) is 43.0 Å². The van der Waals surface area contributed by atoms with Crippen LogP contribution >= 0.6 is 0 Å². The monoisotopic (exact) mass is 364 g/mol. The van der Waals surface area contributed by atoms with E-state index < -0.39 is 0 Å². The summed E-state index contributed by atoms with van der Waals surface area (Å²) in [5, 5.41) is 6.76. The van der Waals surface area contributed by atoms with Gasteiger partial charge in [0.1, 0.15) is 0 Å². The van der Waals surface area contributed by atoms with Crippen LogP contribution in [0.2, 0.25) is 0 Å². The van der Waals surface area contributed by atoms with E-state index in [1.54, 1.807) is 7.05 Å². The molecule has 142 valence electrons. The Kier molecular flexibility index (Phi) is 6.47. The van der Waals surface area contributed by atoms with Crippen LogP contribution in [0.3, 0.4) is 0 Å². The van der Waals surface area contributed by atoms with Crippen molar-refractivity contribution < 1.29 is 4.79 Å². The molecule has 0 saturated carbocycles. The molecule has 2 aromatic rings. The molecule has 1 aliphatic rings. The van der Waals surface area contributed by atoms with Gasteiger partial charge in [-0.15, -0.1) is 0 Å². The number of guanidine groups is 1. The summed E-state index contributed by atoms with van der Waals surface area (Å²) in [6, 6.07) is 18.7. The van der Waals surface area contributed by atoms with Gasteiger partial charge in [0.25, 0.3) is 0 Å². The van der Waals surface area contributed by atoms with E-state index in [1.807, 2.05) is 35.2 Å². The Morgan fingerprint density at radius 3 is 2.52 bits per heavy atom. The Labute approximate surface area is 161 Å². The first kappa shape index (κ1) is 19.0. The second-order valence-corrected chi connectivity index (χ2v) is 6.87. The van der Waals surface area contributed by atoms with E-state index in [-0.39, 0.29) is 11.9 Å². The van der Waals surface area contributed by atoms with Crippen molar-refractivity contribution in [3.63, 3.8) is 0 Å². The van der Waals surface area contributed by atoms with Crippen molar-refractivity contribution in [1.82, 2.24) is 10.6 Å². The molecule has 0 radical (unpaired) electrons. The summed E-state index contributed by atoms with van der Waals surface area (Å²) in [5.41, 5.74) is 3.36. The van der Waals surface area contributed by atoms with Gasteiger partial charge in [-0.2, -0.15) is 0 Å². The number of carbonyl (C=O) groups excluding carboxylic acids is 1. The van der Waals surface area contributed by atoms with Crippen molar-refractivity contribution >= 4 is 17.6 Å². The van der Waals surface area contributed by atoms with E-state index in [2.05, 4.69) is 46.8 Å². The predicted octanol–water partition coefficient (Wildman–Crippen LogP) is 3.63. The molecule has 1 heterocycles. The maximum atomic E-state index is 12.0. The second kappa shape index (κ2) is 9.21. The lowest BCUT2D eigenvalue weighted by molar-refractivity contribution is -0.119.